The van der Waals surface area contributed by atoms with Crippen molar-refractivity contribution in [2.24, 2.45) is 5.41 Å². The van der Waals surface area contributed by atoms with Gasteiger partial charge in [-0.3, -0.25) is 9.59 Å². The second-order valence-corrected chi connectivity index (χ2v) is 7.28. The summed E-state index contributed by atoms with van der Waals surface area (Å²) in [6, 6.07) is 12.8. The number of aromatic nitrogens is 1. The standard InChI is InChI=1S/C21H21N3O4/c1-21(2,20(27)28)11-24-19(26)18-17(25)9-15(10-23-18)13-3-4-14-8-16(22)6-5-12(14)7-13/h3-10,25H,11,22H2,1-2H3,(H,24,26)(H,27,28). The molecular weight excluding hydrogens is 358 g/mol. The molecule has 5 N–H and O–H groups in total. The highest BCUT2D eigenvalue weighted by Gasteiger charge is 2.28. The highest BCUT2D eigenvalue weighted by atomic mass is 16.4. The van der Waals surface area contributed by atoms with Crippen LogP contribution in [-0.2, 0) is 4.79 Å². The van der Waals surface area contributed by atoms with Crippen LogP contribution in [0.1, 0.15) is 24.3 Å². The van der Waals surface area contributed by atoms with Crippen LogP contribution >= 0.6 is 0 Å². The second-order valence-electron chi connectivity index (χ2n) is 7.28. The minimum absolute atomic E-state index is 0.0855. The van der Waals surface area contributed by atoms with Crippen molar-refractivity contribution in [2.45, 2.75) is 13.8 Å². The number of carbonyl (C=O) groups is 2. The first kappa shape index (κ1) is 19.2. The summed E-state index contributed by atoms with van der Waals surface area (Å²) in [6.07, 6.45) is 1.50. The number of carboxylic acids is 1. The van der Waals surface area contributed by atoms with Gasteiger partial charge in [0.05, 0.1) is 5.41 Å². The van der Waals surface area contributed by atoms with Gasteiger partial charge in [-0.1, -0.05) is 18.2 Å². The maximum atomic E-state index is 12.3. The molecule has 1 aromatic heterocycles. The first-order valence-corrected chi connectivity index (χ1v) is 8.68. The number of benzene rings is 2. The average Bonchev–Trinajstić information content (AvgIpc) is 2.65. The number of fused-ring (bicyclic) bond motifs is 1. The van der Waals surface area contributed by atoms with Gasteiger partial charge in [0, 0.05) is 24.0 Å². The summed E-state index contributed by atoms with van der Waals surface area (Å²) in [6.45, 7) is 2.91. The third-order valence-corrected chi connectivity index (χ3v) is 4.55. The predicted octanol–water partition coefficient (Wildman–Crippen LogP) is 3.03. The van der Waals surface area contributed by atoms with Crippen LogP contribution in [0.15, 0.2) is 48.7 Å². The molecule has 0 aliphatic heterocycles. The highest BCUT2D eigenvalue weighted by Crippen LogP contribution is 2.28. The molecule has 3 rings (SSSR count). The van der Waals surface area contributed by atoms with Crippen LogP contribution in [0.3, 0.4) is 0 Å². The SMILES string of the molecule is CC(C)(CNC(=O)c1ncc(-c2ccc3cc(N)ccc3c2)cc1O)C(=O)O. The molecule has 0 radical (unpaired) electrons. The molecule has 0 saturated carbocycles. The number of hydrogen-bond donors (Lipinski definition) is 4. The fourth-order valence-corrected chi connectivity index (χ4v) is 2.69. The third kappa shape index (κ3) is 3.88. The summed E-state index contributed by atoms with van der Waals surface area (Å²) < 4.78 is 0. The van der Waals surface area contributed by atoms with E-state index < -0.39 is 17.3 Å². The number of anilines is 1. The van der Waals surface area contributed by atoms with Gasteiger partial charge in [-0.2, -0.15) is 0 Å². The molecule has 1 amide bonds. The number of nitrogens with zero attached hydrogens (tertiary/aromatic N) is 1. The monoisotopic (exact) mass is 379 g/mol. The van der Waals surface area contributed by atoms with E-state index in [4.69, 9.17) is 10.8 Å². The Kier molecular flexibility index (Phi) is 4.92. The van der Waals surface area contributed by atoms with Crippen molar-refractivity contribution in [2.75, 3.05) is 12.3 Å². The molecule has 0 fully saturated rings. The summed E-state index contributed by atoms with van der Waals surface area (Å²) in [5, 5.41) is 23.8. The number of nitrogens with two attached hydrogens (primary N) is 1. The van der Waals surface area contributed by atoms with Gasteiger partial charge < -0.3 is 21.3 Å². The maximum absolute atomic E-state index is 12.3. The largest absolute Gasteiger partial charge is 0.505 e. The van der Waals surface area contributed by atoms with Crippen LogP contribution in [0.5, 0.6) is 5.75 Å². The Labute approximate surface area is 161 Å². The molecule has 0 aliphatic rings. The lowest BCUT2D eigenvalue weighted by Crippen LogP contribution is -2.39. The van der Waals surface area contributed by atoms with E-state index in [-0.39, 0.29) is 18.0 Å². The van der Waals surface area contributed by atoms with E-state index in [1.54, 1.807) is 0 Å². The van der Waals surface area contributed by atoms with E-state index >= 15 is 0 Å². The Bertz CT molecular complexity index is 1080. The smallest absolute Gasteiger partial charge is 0.310 e. The summed E-state index contributed by atoms with van der Waals surface area (Å²) in [5.74, 6) is -1.94. The van der Waals surface area contributed by atoms with Crippen LogP contribution in [-0.4, -0.2) is 33.6 Å². The zero-order chi connectivity index (χ0) is 20.5. The number of nitrogens with one attached hydrogen (secondary N) is 1. The number of hydrogen-bond acceptors (Lipinski definition) is 5. The van der Waals surface area contributed by atoms with Crippen LogP contribution in [0.2, 0.25) is 0 Å². The molecule has 0 saturated heterocycles. The van der Waals surface area contributed by atoms with Crippen LogP contribution < -0.4 is 11.1 Å². The molecule has 0 bridgehead atoms. The van der Waals surface area contributed by atoms with Crippen LogP contribution in [0.4, 0.5) is 5.69 Å². The van der Waals surface area contributed by atoms with E-state index in [9.17, 15) is 14.7 Å². The summed E-state index contributed by atoms with van der Waals surface area (Å²) in [7, 11) is 0. The van der Waals surface area contributed by atoms with Gasteiger partial charge in [0.1, 0.15) is 5.75 Å². The van der Waals surface area contributed by atoms with Crippen LogP contribution in [0.25, 0.3) is 21.9 Å². The van der Waals surface area contributed by atoms with Gasteiger partial charge in [0.25, 0.3) is 5.91 Å². The first-order chi connectivity index (χ1) is 13.2. The Hall–Kier alpha value is -3.61. The minimum atomic E-state index is -1.13. The molecule has 0 atom stereocenters. The van der Waals surface area contributed by atoms with E-state index in [1.165, 1.54) is 26.1 Å². The normalized spacial score (nSPS) is 11.4. The van der Waals surface area contributed by atoms with Crippen molar-refractivity contribution in [3.8, 4) is 16.9 Å². The van der Waals surface area contributed by atoms with Crippen molar-refractivity contribution in [3.63, 3.8) is 0 Å². The summed E-state index contributed by atoms with van der Waals surface area (Å²) in [4.78, 5) is 27.4. The quantitative estimate of drug-likeness (QED) is 0.505. The van der Waals surface area contributed by atoms with Gasteiger partial charge >= 0.3 is 5.97 Å². The zero-order valence-corrected chi connectivity index (χ0v) is 15.6. The molecule has 2 aromatic carbocycles. The maximum Gasteiger partial charge on any atom is 0.310 e. The number of amides is 1. The van der Waals surface area contributed by atoms with Crippen molar-refractivity contribution in [1.82, 2.24) is 10.3 Å². The molecule has 3 aromatic rings. The molecule has 0 aliphatic carbocycles. The molecule has 28 heavy (non-hydrogen) atoms. The van der Waals surface area contributed by atoms with E-state index in [0.717, 1.165) is 16.3 Å². The lowest BCUT2D eigenvalue weighted by atomic mass is 9.94. The lowest BCUT2D eigenvalue weighted by molar-refractivity contribution is -0.146. The minimum Gasteiger partial charge on any atom is -0.505 e. The number of carbonyl (C=O) groups excluding carboxylic acids is 1. The number of rotatable bonds is 5. The van der Waals surface area contributed by atoms with Gasteiger partial charge in [0.2, 0.25) is 0 Å². The third-order valence-electron chi connectivity index (χ3n) is 4.55. The van der Waals surface area contributed by atoms with E-state index in [0.29, 0.717) is 11.3 Å². The molecule has 7 nitrogen and oxygen atoms in total. The highest BCUT2D eigenvalue weighted by molar-refractivity contribution is 5.96. The Morgan fingerprint density at radius 1 is 1.07 bits per heavy atom. The zero-order valence-electron chi connectivity index (χ0n) is 15.6. The first-order valence-electron chi connectivity index (χ1n) is 8.68. The molecule has 144 valence electrons. The fraction of sp³-hybridized carbons (Fsp3) is 0.190. The Morgan fingerprint density at radius 2 is 1.75 bits per heavy atom. The topological polar surface area (TPSA) is 126 Å². The summed E-state index contributed by atoms with van der Waals surface area (Å²) >= 11 is 0. The van der Waals surface area contributed by atoms with E-state index in [2.05, 4.69) is 10.3 Å². The number of aliphatic carboxylic acids is 1. The molecular formula is C21H21N3O4. The Balaban J connectivity index is 1.83. The van der Waals surface area contributed by atoms with Gasteiger partial charge in [-0.25, -0.2) is 4.98 Å². The molecule has 0 unspecified atom stereocenters. The van der Waals surface area contributed by atoms with Crippen molar-refractivity contribution in [3.05, 3.63) is 54.4 Å². The summed E-state index contributed by atoms with van der Waals surface area (Å²) in [5.41, 5.74) is 6.68. The van der Waals surface area contributed by atoms with Crippen molar-refractivity contribution >= 4 is 28.3 Å². The lowest BCUT2D eigenvalue weighted by Gasteiger charge is -2.19. The number of nitrogen functional groups attached to an aromatic ring is 1. The van der Waals surface area contributed by atoms with Crippen molar-refractivity contribution < 1.29 is 19.8 Å². The van der Waals surface area contributed by atoms with Crippen LogP contribution in [0, 0.1) is 5.41 Å². The fourth-order valence-electron chi connectivity index (χ4n) is 2.69. The Morgan fingerprint density at radius 3 is 2.43 bits per heavy atom. The molecule has 1 heterocycles. The number of aromatic hydroxyl groups is 1. The predicted molar refractivity (Wildman–Crippen MR) is 107 cm³/mol. The van der Waals surface area contributed by atoms with Crippen molar-refractivity contribution in [1.29, 1.82) is 0 Å². The van der Waals surface area contributed by atoms with E-state index in [1.807, 2.05) is 36.4 Å². The molecule has 0 spiro atoms. The molecule has 7 heteroatoms. The average molecular weight is 379 g/mol. The van der Waals surface area contributed by atoms with Gasteiger partial charge in [-0.05, 0) is 54.4 Å². The second kappa shape index (κ2) is 7.19. The van der Waals surface area contributed by atoms with Gasteiger partial charge in [0.15, 0.2) is 5.69 Å². The number of pyridine rings is 1. The number of carboxylic acid groups (broad SMARTS) is 1. The van der Waals surface area contributed by atoms with Gasteiger partial charge in [-0.15, -0.1) is 0 Å².